The Hall–Kier alpha value is -4.91. The van der Waals surface area contributed by atoms with Crippen molar-refractivity contribution in [3.63, 3.8) is 0 Å². The van der Waals surface area contributed by atoms with Crippen LogP contribution in [0.3, 0.4) is 0 Å². The molecule has 1 aliphatic heterocycles. The lowest BCUT2D eigenvalue weighted by atomic mass is 10.0. The Morgan fingerprint density at radius 1 is 0.676 bits per heavy atom. The van der Waals surface area contributed by atoms with Crippen LogP contribution in [0.5, 0.6) is 0 Å². The second-order valence-electron chi connectivity index (χ2n) is 8.52. The summed E-state index contributed by atoms with van der Waals surface area (Å²) in [4.78, 5) is 54.2. The van der Waals surface area contributed by atoms with Gasteiger partial charge in [-0.2, -0.15) is 0 Å². The molecule has 4 aromatic carbocycles. The van der Waals surface area contributed by atoms with Crippen LogP contribution in [0.15, 0.2) is 103 Å². The maximum atomic E-state index is 14.0. The molecule has 4 aromatic rings. The first-order chi connectivity index (χ1) is 17.9. The number of hydrogen-bond donors (Lipinski definition) is 0. The van der Waals surface area contributed by atoms with Crippen molar-refractivity contribution >= 4 is 29.2 Å². The van der Waals surface area contributed by atoms with Crippen LogP contribution in [0.4, 0.5) is 10.1 Å². The molecule has 1 heterocycles. The summed E-state index contributed by atoms with van der Waals surface area (Å²) in [7, 11) is 0. The highest BCUT2D eigenvalue weighted by molar-refractivity contribution is 6.21. The van der Waals surface area contributed by atoms with Gasteiger partial charge in [0.25, 0.3) is 17.7 Å². The van der Waals surface area contributed by atoms with E-state index in [1.54, 1.807) is 66.7 Å². The Labute approximate surface area is 212 Å². The average Bonchev–Trinajstić information content (AvgIpc) is 3.18. The molecular weight excluding hydrogens is 471 g/mol. The van der Waals surface area contributed by atoms with Crippen molar-refractivity contribution in [3.8, 4) is 0 Å². The minimum atomic E-state index is -0.528. The number of ketones is 1. The molecule has 6 nitrogen and oxygen atoms in total. The fraction of sp³-hybridized carbons (Fsp3) is 0.0667. The largest absolute Gasteiger partial charge is 0.306 e. The van der Waals surface area contributed by atoms with E-state index in [-0.39, 0.29) is 30.1 Å². The van der Waals surface area contributed by atoms with Gasteiger partial charge in [-0.05, 0) is 42.5 Å². The van der Waals surface area contributed by atoms with Gasteiger partial charge in [-0.15, -0.1) is 0 Å². The number of nitrogens with zero attached hydrogens (tertiary/aromatic N) is 2. The standard InChI is InChI=1S/C30H21FN2O4/c31-23-9-6-10-24(19-23)32(17-18-33-29(36)25-11-4-5-12-26(25)30(33)37)28(35)22-15-13-21(14-16-22)27(34)20-7-2-1-3-8-20/h1-16,19H,17-18H2. The molecule has 3 amide bonds. The third-order valence-corrected chi connectivity index (χ3v) is 6.22. The van der Waals surface area contributed by atoms with E-state index in [0.717, 1.165) is 4.90 Å². The van der Waals surface area contributed by atoms with E-state index >= 15 is 0 Å². The van der Waals surface area contributed by atoms with Crippen LogP contribution in [-0.4, -0.2) is 41.5 Å². The molecule has 0 radical (unpaired) electrons. The van der Waals surface area contributed by atoms with Gasteiger partial charge in [-0.3, -0.25) is 24.1 Å². The third-order valence-electron chi connectivity index (χ3n) is 6.22. The fourth-order valence-corrected chi connectivity index (χ4v) is 4.31. The summed E-state index contributed by atoms with van der Waals surface area (Å²) in [5.74, 6) is -2.03. The lowest BCUT2D eigenvalue weighted by molar-refractivity contribution is 0.0654. The summed E-state index contributed by atoms with van der Waals surface area (Å²) in [5.41, 5.74) is 2.14. The molecule has 0 saturated carbocycles. The van der Waals surface area contributed by atoms with Crippen LogP contribution in [0, 0.1) is 5.82 Å². The lowest BCUT2D eigenvalue weighted by Crippen LogP contribution is -2.41. The van der Waals surface area contributed by atoms with Crippen molar-refractivity contribution in [1.29, 1.82) is 0 Å². The number of hydrogen-bond acceptors (Lipinski definition) is 4. The molecule has 0 spiro atoms. The molecule has 0 saturated heterocycles. The summed E-state index contributed by atoms with van der Waals surface area (Å²) < 4.78 is 14.0. The second kappa shape index (κ2) is 9.99. The van der Waals surface area contributed by atoms with E-state index in [1.165, 1.54) is 35.2 Å². The average molecular weight is 493 g/mol. The zero-order valence-electron chi connectivity index (χ0n) is 19.6. The molecule has 7 heteroatoms. The minimum absolute atomic E-state index is 0.0432. The van der Waals surface area contributed by atoms with Gasteiger partial charge in [-0.25, -0.2) is 4.39 Å². The number of benzene rings is 4. The Bertz CT molecular complexity index is 1480. The SMILES string of the molecule is O=C(c1ccccc1)c1ccc(C(=O)N(CCN2C(=O)c3ccccc3C2=O)c2cccc(F)c2)cc1. The number of halogens is 1. The molecule has 0 aliphatic carbocycles. The second-order valence-corrected chi connectivity index (χ2v) is 8.52. The molecule has 0 unspecified atom stereocenters. The van der Waals surface area contributed by atoms with Crippen molar-refractivity contribution < 1.29 is 23.6 Å². The van der Waals surface area contributed by atoms with Crippen LogP contribution in [0.2, 0.25) is 0 Å². The molecule has 37 heavy (non-hydrogen) atoms. The van der Waals surface area contributed by atoms with Crippen molar-refractivity contribution in [2.45, 2.75) is 0 Å². The third kappa shape index (κ3) is 4.67. The first kappa shape index (κ1) is 23.8. The zero-order chi connectivity index (χ0) is 25.9. The molecule has 5 rings (SSSR count). The highest BCUT2D eigenvalue weighted by atomic mass is 19.1. The fourth-order valence-electron chi connectivity index (χ4n) is 4.31. The van der Waals surface area contributed by atoms with E-state index in [1.807, 2.05) is 6.07 Å². The van der Waals surface area contributed by atoms with E-state index < -0.39 is 23.5 Å². The predicted molar refractivity (Wildman–Crippen MR) is 136 cm³/mol. The van der Waals surface area contributed by atoms with Crippen LogP contribution in [-0.2, 0) is 0 Å². The van der Waals surface area contributed by atoms with E-state index in [4.69, 9.17) is 0 Å². The van der Waals surface area contributed by atoms with Crippen LogP contribution in [0.25, 0.3) is 0 Å². The van der Waals surface area contributed by atoms with Crippen LogP contribution >= 0.6 is 0 Å². The summed E-state index contributed by atoms with van der Waals surface area (Å²) in [6, 6.07) is 27.1. The number of imide groups is 1. The van der Waals surface area contributed by atoms with Crippen molar-refractivity contribution in [3.05, 3.63) is 137 Å². The zero-order valence-corrected chi connectivity index (χ0v) is 19.6. The summed E-state index contributed by atoms with van der Waals surface area (Å²) in [6.45, 7) is -0.113. The summed E-state index contributed by atoms with van der Waals surface area (Å²) in [6.07, 6.45) is 0. The summed E-state index contributed by atoms with van der Waals surface area (Å²) >= 11 is 0. The molecule has 0 fully saturated rings. The molecule has 0 bridgehead atoms. The number of carbonyl (C=O) groups excluding carboxylic acids is 4. The number of anilines is 1. The highest BCUT2D eigenvalue weighted by Crippen LogP contribution is 2.24. The van der Waals surface area contributed by atoms with E-state index in [2.05, 4.69) is 0 Å². The highest BCUT2D eigenvalue weighted by Gasteiger charge is 2.35. The van der Waals surface area contributed by atoms with Gasteiger partial charge < -0.3 is 4.90 Å². The van der Waals surface area contributed by atoms with Gasteiger partial charge in [0.15, 0.2) is 5.78 Å². The number of rotatable bonds is 7. The van der Waals surface area contributed by atoms with Crippen molar-refractivity contribution in [2.24, 2.45) is 0 Å². The first-order valence-electron chi connectivity index (χ1n) is 11.7. The molecule has 0 atom stereocenters. The number of fused-ring (bicyclic) bond motifs is 1. The van der Waals surface area contributed by atoms with Crippen LogP contribution in [0.1, 0.15) is 47.0 Å². The van der Waals surface area contributed by atoms with Gasteiger partial charge in [-0.1, -0.05) is 60.7 Å². The molecule has 182 valence electrons. The Kier molecular flexibility index (Phi) is 6.43. The quantitative estimate of drug-likeness (QED) is 0.269. The van der Waals surface area contributed by atoms with Gasteiger partial charge in [0.1, 0.15) is 5.82 Å². The van der Waals surface area contributed by atoms with Gasteiger partial charge >= 0.3 is 0 Å². The number of amides is 3. The monoisotopic (exact) mass is 492 g/mol. The number of carbonyl (C=O) groups is 4. The smallest absolute Gasteiger partial charge is 0.261 e. The van der Waals surface area contributed by atoms with Crippen molar-refractivity contribution in [1.82, 2.24) is 4.90 Å². The van der Waals surface area contributed by atoms with Gasteiger partial charge in [0.2, 0.25) is 0 Å². The van der Waals surface area contributed by atoms with Crippen molar-refractivity contribution in [2.75, 3.05) is 18.0 Å². The van der Waals surface area contributed by atoms with Gasteiger partial charge in [0.05, 0.1) is 11.1 Å². The molecule has 1 aliphatic rings. The van der Waals surface area contributed by atoms with E-state index in [0.29, 0.717) is 22.3 Å². The minimum Gasteiger partial charge on any atom is -0.306 e. The first-order valence-corrected chi connectivity index (χ1v) is 11.7. The maximum Gasteiger partial charge on any atom is 0.261 e. The maximum absolute atomic E-state index is 14.0. The summed E-state index contributed by atoms with van der Waals surface area (Å²) in [5, 5.41) is 0. The lowest BCUT2D eigenvalue weighted by Gasteiger charge is -2.25. The molecule has 0 aromatic heterocycles. The Balaban J connectivity index is 1.39. The normalized spacial score (nSPS) is 12.4. The van der Waals surface area contributed by atoms with Gasteiger partial charge in [0, 0.05) is 35.5 Å². The van der Waals surface area contributed by atoms with E-state index in [9.17, 15) is 23.6 Å². The molecular formula is C30H21FN2O4. The predicted octanol–water partition coefficient (Wildman–Crippen LogP) is 5.00. The Morgan fingerprint density at radius 2 is 1.24 bits per heavy atom. The topological polar surface area (TPSA) is 74.8 Å². The van der Waals surface area contributed by atoms with Crippen LogP contribution < -0.4 is 4.90 Å². The Morgan fingerprint density at radius 3 is 1.86 bits per heavy atom. The molecule has 0 N–H and O–H groups in total.